The van der Waals surface area contributed by atoms with E-state index < -0.39 is 5.97 Å². The molecule has 0 saturated carbocycles. The van der Waals surface area contributed by atoms with Gasteiger partial charge in [0.05, 0.1) is 18.3 Å². The van der Waals surface area contributed by atoms with Gasteiger partial charge in [-0.15, -0.1) is 0 Å². The normalized spacial score (nSPS) is 10.6. The number of rotatable bonds is 5. The molecule has 0 aliphatic rings. The standard InChI is InChI=1S/C17H16N2O3/c1-2-21-17(20)16-15-9-8-14(10-19(15)12-18-16)22-11-13-6-4-3-5-7-13/h3-10,12H,2,11H2,1H3. The second-order valence-electron chi connectivity index (χ2n) is 4.75. The number of pyridine rings is 1. The summed E-state index contributed by atoms with van der Waals surface area (Å²) in [5.41, 5.74) is 2.11. The topological polar surface area (TPSA) is 52.8 Å². The zero-order valence-electron chi connectivity index (χ0n) is 12.2. The van der Waals surface area contributed by atoms with E-state index in [0.29, 0.717) is 30.2 Å². The number of nitrogens with zero attached hydrogens (tertiary/aromatic N) is 2. The lowest BCUT2D eigenvalue weighted by atomic mass is 10.2. The smallest absolute Gasteiger partial charge is 0.359 e. The van der Waals surface area contributed by atoms with Crippen LogP contribution >= 0.6 is 0 Å². The first-order chi connectivity index (χ1) is 10.8. The predicted octanol–water partition coefficient (Wildman–Crippen LogP) is 3.09. The van der Waals surface area contributed by atoms with E-state index in [0.717, 1.165) is 5.56 Å². The van der Waals surface area contributed by atoms with Crippen molar-refractivity contribution in [2.75, 3.05) is 6.61 Å². The van der Waals surface area contributed by atoms with Crippen molar-refractivity contribution in [3.63, 3.8) is 0 Å². The van der Waals surface area contributed by atoms with Crippen LogP contribution < -0.4 is 4.74 Å². The van der Waals surface area contributed by atoms with Gasteiger partial charge in [0.15, 0.2) is 5.69 Å². The minimum atomic E-state index is -0.414. The minimum absolute atomic E-state index is 0.316. The number of benzene rings is 1. The third kappa shape index (κ3) is 2.93. The molecule has 0 radical (unpaired) electrons. The van der Waals surface area contributed by atoms with Gasteiger partial charge in [-0.2, -0.15) is 0 Å². The number of imidazole rings is 1. The van der Waals surface area contributed by atoms with E-state index in [4.69, 9.17) is 9.47 Å². The van der Waals surface area contributed by atoms with Gasteiger partial charge in [0, 0.05) is 0 Å². The van der Waals surface area contributed by atoms with Gasteiger partial charge in [0.1, 0.15) is 18.7 Å². The van der Waals surface area contributed by atoms with Gasteiger partial charge in [0.2, 0.25) is 0 Å². The van der Waals surface area contributed by atoms with Crippen molar-refractivity contribution in [2.45, 2.75) is 13.5 Å². The van der Waals surface area contributed by atoms with Crippen molar-refractivity contribution in [1.29, 1.82) is 0 Å². The maximum Gasteiger partial charge on any atom is 0.359 e. The monoisotopic (exact) mass is 296 g/mol. The Morgan fingerprint density at radius 2 is 2.00 bits per heavy atom. The highest BCUT2D eigenvalue weighted by atomic mass is 16.5. The molecule has 0 spiro atoms. The molecule has 0 fully saturated rings. The lowest BCUT2D eigenvalue weighted by Gasteiger charge is -2.07. The summed E-state index contributed by atoms with van der Waals surface area (Å²) in [6, 6.07) is 13.6. The van der Waals surface area contributed by atoms with E-state index in [1.165, 1.54) is 0 Å². The average Bonchev–Trinajstić information content (AvgIpc) is 2.97. The molecule has 0 bridgehead atoms. The molecule has 1 aromatic carbocycles. The van der Waals surface area contributed by atoms with Gasteiger partial charge in [-0.3, -0.25) is 0 Å². The molecule has 22 heavy (non-hydrogen) atoms. The van der Waals surface area contributed by atoms with Crippen LogP contribution in [-0.4, -0.2) is 22.0 Å². The number of fused-ring (bicyclic) bond motifs is 1. The van der Waals surface area contributed by atoms with E-state index in [-0.39, 0.29) is 0 Å². The van der Waals surface area contributed by atoms with E-state index in [1.54, 1.807) is 29.9 Å². The Kier molecular flexibility index (Phi) is 4.05. The first kappa shape index (κ1) is 14.1. The summed E-state index contributed by atoms with van der Waals surface area (Å²) < 4.78 is 12.5. The molecule has 5 nitrogen and oxygen atoms in total. The highest BCUT2D eigenvalue weighted by molar-refractivity contribution is 5.94. The fourth-order valence-electron chi connectivity index (χ4n) is 2.16. The summed E-state index contributed by atoms with van der Waals surface area (Å²) in [6.45, 7) is 2.59. The van der Waals surface area contributed by atoms with Gasteiger partial charge < -0.3 is 13.9 Å². The number of aromatic nitrogens is 2. The van der Waals surface area contributed by atoms with Crippen LogP contribution in [0.25, 0.3) is 5.52 Å². The quantitative estimate of drug-likeness (QED) is 0.679. The summed E-state index contributed by atoms with van der Waals surface area (Å²) >= 11 is 0. The van der Waals surface area contributed by atoms with Gasteiger partial charge in [-0.1, -0.05) is 30.3 Å². The highest BCUT2D eigenvalue weighted by Crippen LogP contribution is 2.18. The van der Waals surface area contributed by atoms with E-state index >= 15 is 0 Å². The Hall–Kier alpha value is -2.82. The molecule has 112 valence electrons. The van der Waals surface area contributed by atoms with Gasteiger partial charge in [-0.25, -0.2) is 9.78 Å². The molecule has 0 amide bonds. The SMILES string of the molecule is CCOC(=O)c1ncn2cc(OCc3ccccc3)ccc12. The molecular weight excluding hydrogens is 280 g/mol. The average molecular weight is 296 g/mol. The number of carbonyl (C=O) groups is 1. The van der Waals surface area contributed by atoms with Crippen molar-refractivity contribution >= 4 is 11.5 Å². The van der Waals surface area contributed by atoms with Crippen LogP contribution in [0.15, 0.2) is 55.0 Å². The summed E-state index contributed by atoms with van der Waals surface area (Å²) in [5, 5.41) is 0. The van der Waals surface area contributed by atoms with Crippen molar-refractivity contribution in [3.8, 4) is 5.75 Å². The van der Waals surface area contributed by atoms with Gasteiger partial charge in [0.25, 0.3) is 0 Å². The minimum Gasteiger partial charge on any atom is -0.487 e. The molecular formula is C17H16N2O3. The maximum atomic E-state index is 11.8. The number of hydrogen-bond acceptors (Lipinski definition) is 4. The fraction of sp³-hybridized carbons (Fsp3) is 0.176. The zero-order valence-corrected chi connectivity index (χ0v) is 12.2. The third-order valence-electron chi connectivity index (χ3n) is 3.22. The highest BCUT2D eigenvalue weighted by Gasteiger charge is 2.14. The molecule has 0 aliphatic heterocycles. The molecule has 0 atom stereocenters. The maximum absolute atomic E-state index is 11.8. The Morgan fingerprint density at radius 1 is 1.18 bits per heavy atom. The van der Waals surface area contributed by atoms with E-state index in [2.05, 4.69) is 4.98 Å². The second kappa shape index (κ2) is 6.30. The zero-order chi connectivity index (χ0) is 15.4. The molecule has 2 aromatic heterocycles. The molecule has 2 heterocycles. The van der Waals surface area contributed by atoms with Gasteiger partial charge >= 0.3 is 5.97 Å². The van der Waals surface area contributed by atoms with Crippen LogP contribution in [0.4, 0.5) is 0 Å². The van der Waals surface area contributed by atoms with Gasteiger partial charge in [-0.05, 0) is 24.6 Å². The van der Waals surface area contributed by atoms with Crippen LogP contribution in [0.1, 0.15) is 23.0 Å². The Morgan fingerprint density at radius 3 is 2.77 bits per heavy atom. The molecule has 5 heteroatoms. The van der Waals surface area contributed by atoms with Crippen LogP contribution in [-0.2, 0) is 11.3 Å². The molecule has 3 rings (SSSR count). The number of ether oxygens (including phenoxy) is 2. The molecule has 0 aliphatic carbocycles. The molecule has 3 aromatic rings. The molecule has 0 unspecified atom stereocenters. The Bertz CT molecular complexity index is 781. The number of hydrogen-bond donors (Lipinski definition) is 0. The number of esters is 1. The summed E-state index contributed by atoms with van der Waals surface area (Å²) in [6.07, 6.45) is 3.38. The fourth-order valence-corrected chi connectivity index (χ4v) is 2.16. The lowest BCUT2D eigenvalue weighted by Crippen LogP contribution is -2.05. The molecule has 0 saturated heterocycles. The summed E-state index contributed by atoms with van der Waals surface area (Å²) in [7, 11) is 0. The van der Waals surface area contributed by atoms with Crippen LogP contribution in [0, 0.1) is 0 Å². The largest absolute Gasteiger partial charge is 0.487 e. The van der Waals surface area contributed by atoms with E-state index in [1.807, 2.05) is 36.4 Å². The number of carbonyl (C=O) groups excluding carboxylic acids is 1. The van der Waals surface area contributed by atoms with Crippen molar-refractivity contribution < 1.29 is 14.3 Å². The first-order valence-corrected chi connectivity index (χ1v) is 7.08. The van der Waals surface area contributed by atoms with Crippen LogP contribution in [0.2, 0.25) is 0 Å². The van der Waals surface area contributed by atoms with Crippen molar-refractivity contribution in [3.05, 3.63) is 66.2 Å². The molecule has 0 N–H and O–H groups in total. The van der Waals surface area contributed by atoms with Crippen molar-refractivity contribution in [1.82, 2.24) is 9.38 Å². The van der Waals surface area contributed by atoms with Crippen LogP contribution in [0.3, 0.4) is 0 Å². The summed E-state index contributed by atoms with van der Waals surface area (Å²) in [4.78, 5) is 15.9. The third-order valence-corrected chi connectivity index (χ3v) is 3.22. The van der Waals surface area contributed by atoms with Crippen molar-refractivity contribution in [2.24, 2.45) is 0 Å². The van der Waals surface area contributed by atoms with Crippen LogP contribution in [0.5, 0.6) is 5.75 Å². The summed E-state index contributed by atoms with van der Waals surface area (Å²) in [5.74, 6) is 0.298. The Labute approximate surface area is 128 Å². The first-order valence-electron chi connectivity index (χ1n) is 7.08. The lowest BCUT2D eigenvalue weighted by molar-refractivity contribution is 0.0522. The Balaban J connectivity index is 1.78. The van der Waals surface area contributed by atoms with E-state index in [9.17, 15) is 4.79 Å². The predicted molar refractivity (Wildman–Crippen MR) is 81.9 cm³/mol. The second-order valence-corrected chi connectivity index (χ2v) is 4.75.